The lowest BCUT2D eigenvalue weighted by atomic mass is 10.1. The topological polar surface area (TPSA) is 43.4 Å². The van der Waals surface area contributed by atoms with Crippen LogP contribution in [0.15, 0.2) is 35.2 Å². The van der Waals surface area contributed by atoms with Crippen LogP contribution in [0.25, 0.3) is 0 Å². The molecule has 0 aliphatic carbocycles. The molecule has 3 nitrogen and oxygen atoms in total. The number of hydrogen-bond acceptors (Lipinski definition) is 4. The van der Waals surface area contributed by atoms with E-state index >= 15 is 0 Å². The molecule has 2 atom stereocenters. The Morgan fingerprint density at radius 2 is 1.71 bits per heavy atom. The average Bonchev–Trinajstić information content (AvgIpc) is 2.47. The van der Waals surface area contributed by atoms with Gasteiger partial charge in [-0.2, -0.15) is 0 Å². The van der Waals surface area contributed by atoms with E-state index in [1.165, 1.54) is 11.8 Å². The third kappa shape index (κ3) is 5.35. The standard InChI is InChI=1S/C18H32O3S2Si/c1-15(13-14-21-24(6,7)18(2,3)4)17(22-5)23(19,20)16-11-9-8-10-12-16/h8-12,15,17H,13-14H2,1-7H3/t15-,17?/m1/s1. The Morgan fingerprint density at radius 1 is 1.17 bits per heavy atom. The Balaban J connectivity index is 2.76. The summed E-state index contributed by atoms with van der Waals surface area (Å²) in [6.07, 6.45) is 2.63. The molecule has 0 amide bonds. The largest absolute Gasteiger partial charge is 0.417 e. The molecule has 6 heteroatoms. The fraction of sp³-hybridized carbons (Fsp3) is 0.667. The summed E-state index contributed by atoms with van der Waals surface area (Å²) in [6, 6.07) is 8.74. The van der Waals surface area contributed by atoms with Crippen molar-refractivity contribution < 1.29 is 12.8 Å². The van der Waals surface area contributed by atoms with Gasteiger partial charge in [-0.15, -0.1) is 11.8 Å². The Kier molecular flexibility index (Phi) is 7.60. The second kappa shape index (κ2) is 8.38. The van der Waals surface area contributed by atoms with E-state index in [9.17, 15) is 8.42 Å². The second-order valence-electron chi connectivity index (χ2n) is 7.84. The third-order valence-electron chi connectivity index (χ3n) is 4.92. The molecule has 0 aliphatic heterocycles. The van der Waals surface area contributed by atoms with Crippen LogP contribution in [0.5, 0.6) is 0 Å². The van der Waals surface area contributed by atoms with E-state index in [1.54, 1.807) is 24.3 Å². The minimum Gasteiger partial charge on any atom is -0.417 e. The molecule has 0 radical (unpaired) electrons. The zero-order valence-corrected chi connectivity index (χ0v) is 18.6. The summed E-state index contributed by atoms with van der Waals surface area (Å²) in [5.41, 5.74) is 0. The molecule has 24 heavy (non-hydrogen) atoms. The predicted molar refractivity (Wildman–Crippen MR) is 108 cm³/mol. The highest BCUT2D eigenvalue weighted by molar-refractivity contribution is 8.13. The molecule has 0 fully saturated rings. The van der Waals surface area contributed by atoms with Crippen LogP contribution in [-0.4, -0.2) is 34.2 Å². The van der Waals surface area contributed by atoms with Crippen molar-refractivity contribution in [1.29, 1.82) is 0 Å². The van der Waals surface area contributed by atoms with Crippen LogP contribution in [0.2, 0.25) is 18.1 Å². The van der Waals surface area contributed by atoms with Gasteiger partial charge in [-0.05, 0) is 48.9 Å². The summed E-state index contributed by atoms with van der Waals surface area (Å²) in [6.45, 7) is 13.7. The monoisotopic (exact) mass is 388 g/mol. The van der Waals surface area contributed by atoms with Gasteiger partial charge in [0.1, 0.15) is 4.58 Å². The van der Waals surface area contributed by atoms with E-state index in [1.807, 2.05) is 19.2 Å². The number of thioether (sulfide) groups is 1. The first-order chi connectivity index (χ1) is 10.9. The van der Waals surface area contributed by atoms with Gasteiger partial charge in [0.2, 0.25) is 0 Å². The lowest BCUT2D eigenvalue weighted by Gasteiger charge is -2.36. The second-order valence-corrected chi connectivity index (χ2v) is 16.0. The molecule has 138 valence electrons. The molecule has 0 heterocycles. The fourth-order valence-corrected chi connectivity index (χ4v) is 6.82. The molecule has 1 unspecified atom stereocenters. The van der Waals surface area contributed by atoms with Crippen LogP contribution in [-0.2, 0) is 14.3 Å². The zero-order valence-electron chi connectivity index (χ0n) is 16.0. The molecule has 1 rings (SSSR count). The van der Waals surface area contributed by atoms with E-state index in [0.717, 1.165) is 6.42 Å². The van der Waals surface area contributed by atoms with Crippen LogP contribution in [0.4, 0.5) is 0 Å². The molecule has 1 aromatic carbocycles. The maximum Gasteiger partial charge on any atom is 0.191 e. The van der Waals surface area contributed by atoms with Crippen LogP contribution in [0, 0.1) is 5.92 Å². The van der Waals surface area contributed by atoms with Crippen molar-refractivity contribution in [1.82, 2.24) is 0 Å². The van der Waals surface area contributed by atoms with Crippen LogP contribution >= 0.6 is 11.8 Å². The molecule has 0 aromatic heterocycles. The Bertz CT molecular complexity index is 607. The van der Waals surface area contributed by atoms with Crippen molar-refractivity contribution in [2.75, 3.05) is 12.9 Å². The number of rotatable bonds is 8. The lowest BCUT2D eigenvalue weighted by Crippen LogP contribution is -2.41. The first-order valence-corrected chi connectivity index (χ1v) is 14.1. The Labute approximate surface area is 153 Å². The van der Waals surface area contributed by atoms with Crippen molar-refractivity contribution >= 4 is 29.9 Å². The van der Waals surface area contributed by atoms with Gasteiger partial charge in [-0.25, -0.2) is 8.42 Å². The SMILES string of the molecule is CSC([C@H](C)CCO[Si](C)(C)C(C)(C)C)S(=O)(=O)c1ccccc1. The normalized spacial score (nSPS) is 16.0. The molecule has 0 spiro atoms. The molecular weight excluding hydrogens is 356 g/mol. The minimum atomic E-state index is -3.33. The third-order valence-corrected chi connectivity index (χ3v) is 13.7. The Morgan fingerprint density at radius 3 is 2.17 bits per heavy atom. The first-order valence-electron chi connectivity index (χ1n) is 8.39. The first kappa shape index (κ1) is 21.7. The quantitative estimate of drug-likeness (QED) is 0.574. The Hall–Kier alpha value is -0.303. The number of benzene rings is 1. The van der Waals surface area contributed by atoms with E-state index < -0.39 is 22.7 Å². The van der Waals surface area contributed by atoms with Crippen molar-refractivity contribution in [3.8, 4) is 0 Å². The van der Waals surface area contributed by atoms with Crippen molar-refractivity contribution in [2.24, 2.45) is 5.92 Å². The lowest BCUT2D eigenvalue weighted by molar-refractivity contribution is 0.263. The van der Waals surface area contributed by atoms with Crippen molar-refractivity contribution in [3.63, 3.8) is 0 Å². The van der Waals surface area contributed by atoms with E-state index in [4.69, 9.17) is 4.43 Å². The zero-order chi connectivity index (χ0) is 18.6. The summed E-state index contributed by atoms with van der Waals surface area (Å²) in [7, 11) is -5.11. The van der Waals surface area contributed by atoms with E-state index in [2.05, 4.69) is 33.9 Å². The highest BCUT2D eigenvalue weighted by Gasteiger charge is 2.37. The van der Waals surface area contributed by atoms with Gasteiger partial charge in [0.05, 0.1) is 4.90 Å². The van der Waals surface area contributed by atoms with E-state index in [0.29, 0.717) is 11.5 Å². The van der Waals surface area contributed by atoms with Gasteiger partial charge in [0.15, 0.2) is 18.2 Å². The molecule has 0 aliphatic rings. The van der Waals surface area contributed by atoms with Crippen LogP contribution in [0.1, 0.15) is 34.1 Å². The highest BCUT2D eigenvalue weighted by atomic mass is 32.3. The van der Waals surface area contributed by atoms with E-state index in [-0.39, 0.29) is 11.0 Å². The van der Waals surface area contributed by atoms with Gasteiger partial charge < -0.3 is 4.43 Å². The molecule has 0 saturated heterocycles. The summed E-state index contributed by atoms with van der Waals surface area (Å²) in [4.78, 5) is 0.404. The molecule has 0 saturated carbocycles. The summed E-state index contributed by atoms with van der Waals surface area (Å²) in [5, 5.41) is 0.172. The van der Waals surface area contributed by atoms with Gasteiger partial charge >= 0.3 is 0 Å². The molecule has 1 aromatic rings. The van der Waals surface area contributed by atoms with Gasteiger partial charge in [-0.1, -0.05) is 45.9 Å². The van der Waals surface area contributed by atoms with Gasteiger partial charge in [0, 0.05) is 6.61 Å². The highest BCUT2D eigenvalue weighted by Crippen LogP contribution is 2.37. The predicted octanol–water partition coefficient (Wildman–Crippen LogP) is 5.20. The van der Waals surface area contributed by atoms with Crippen LogP contribution in [0.3, 0.4) is 0 Å². The number of hydrogen-bond donors (Lipinski definition) is 0. The van der Waals surface area contributed by atoms with Gasteiger partial charge in [0.25, 0.3) is 0 Å². The summed E-state index contributed by atoms with van der Waals surface area (Å²) >= 11 is 1.41. The van der Waals surface area contributed by atoms with Crippen molar-refractivity contribution in [3.05, 3.63) is 30.3 Å². The molecule has 0 bridgehead atoms. The van der Waals surface area contributed by atoms with Crippen molar-refractivity contribution in [2.45, 2.75) is 61.7 Å². The minimum absolute atomic E-state index is 0.0370. The average molecular weight is 389 g/mol. The maximum atomic E-state index is 12.9. The smallest absolute Gasteiger partial charge is 0.191 e. The van der Waals surface area contributed by atoms with Gasteiger partial charge in [-0.3, -0.25) is 0 Å². The number of sulfone groups is 1. The van der Waals surface area contributed by atoms with Crippen LogP contribution < -0.4 is 0 Å². The summed E-state index contributed by atoms with van der Waals surface area (Å²) in [5.74, 6) is 0.0370. The maximum absolute atomic E-state index is 12.9. The summed E-state index contributed by atoms with van der Waals surface area (Å²) < 4.78 is 31.5. The molecule has 0 N–H and O–H groups in total. The fourth-order valence-electron chi connectivity index (χ4n) is 2.26. The molecular formula is C18H32O3S2Si.